The Bertz CT molecular complexity index is 419. The minimum absolute atomic E-state index is 0.0290. The van der Waals surface area contributed by atoms with Crippen LogP contribution in [-0.4, -0.2) is 31.7 Å². The fourth-order valence-electron chi connectivity index (χ4n) is 1.87. The zero-order valence-corrected chi connectivity index (χ0v) is 12.2. The summed E-state index contributed by atoms with van der Waals surface area (Å²) < 4.78 is 5.40. The van der Waals surface area contributed by atoms with Crippen LogP contribution in [0.1, 0.15) is 36.7 Å². The van der Waals surface area contributed by atoms with Gasteiger partial charge in [0.25, 0.3) is 5.91 Å². The molecular weight excluding hydrogens is 240 g/mol. The predicted octanol–water partition coefficient (Wildman–Crippen LogP) is 2.58. The van der Waals surface area contributed by atoms with Crippen molar-refractivity contribution < 1.29 is 9.53 Å². The Morgan fingerprint density at radius 2 is 2.11 bits per heavy atom. The largest absolute Gasteiger partial charge is 0.385 e. The third-order valence-corrected chi connectivity index (χ3v) is 2.79. The fraction of sp³-hybridized carbons (Fsp3) is 0.533. The molecule has 0 aliphatic heterocycles. The molecule has 4 heteroatoms. The van der Waals surface area contributed by atoms with Crippen molar-refractivity contribution in [3.8, 4) is 0 Å². The summed E-state index contributed by atoms with van der Waals surface area (Å²) in [7, 11) is 0. The second-order valence-corrected chi connectivity index (χ2v) is 4.56. The molecule has 0 saturated heterocycles. The Labute approximate surface area is 115 Å². The van der Waals surface area contributed by atoms with Gasteiger partial charge in [0, 0.05) is 25.4 Å². The Hall–Kier alpha value is -1.55. The summed E-state index contributed by atoms with van der Waals surface area (Å²) in [6, 6.07) is 5.84. The van der Waals surface area contributed by atoms with Crippen molar-refractivity contribution in [3.63, 3.8) is 0 Å². The Morgan fingerprint density at radius 3 is 2.74 bits per heavy atom. The average Bonchev–Trinajstić information content (AvgIpc) is 2.38. The van der Waals surface area contributed by atoms with Gasteiger partial charge in [0.05, 0.1) is 11.7 Å². The molecule has 19 heavy (non-hydrogen) atoms. The molecule has 4 nitrogen and oxygen atoms in total. The van der Waals surface area contributed by atoms with Gasteiger partial charge in [-0.1, -0.05) is 11.6 Å². The van der Waals surface area contributed by atoms with Gasteiger partial charge in [0.15, 0.2) is 0 Å². The number of benzene rings is 1. The van der Waals surface area contributed by atoms with Crippen molar-refractivity contribution in [1.29, 1.82) is 0 Å². The zero-order valence-electron chi connectivity index (χ0n) is 12.2. The van der Waals surface area contributed by atoms with Gasteiger partial charge >= 0.3 is 0 Å². The van der Waals surface area contributed by atoms with E-state index in [1.54, 1.807) is 0 Å². The van der Waals surface area contributed by atoms with E-state index in [-0.39, 0.29) is 12.0 Å². The third kappa shape index (κ3) is 4.91. The lowest BCUT2D eigenvalue weighted by Crippen LogP contribution is -2.32. The van der Waals surface area contributed by atoms with E-state index in [0.717, 1.165) is 17.8 Å². The molecular formula is C15H24N2O2. The maximum absolute atomic E-state index is 12.2. The van der Waals surface area contributed by atoms with Crippen LogP contribution in [0.4, 0.5) is 5.69 Å². The molecule has 0 bridgehead atoms. The van der Waals surface area contributed by atoms with Crippen LogP contribution in [0.2, 0.25) is 0 Å². The molecule has 1 aromatic carbocycles. The number of aryl methyl sites for hydroxylation is 1. The van der Waals surface area contributed by atoms with Crippen molar-refractivity contribution in [2.45, 2.75) is 33.8 Å². The molecule has 106 valence electrons. The maximum atomic E-state index is 12.2. The van der Waals surface area contributed by atoms with Gasteiger partial charge in [-0.25, -0.2) is 0 Å². The minimum atomic E-state index is -0.0637. The van der Waals surface area contributed by atoms with Gasteiger partial charge in [-0.3, -0.25) is 4.79 Å². The van der Waals surface area contributed by atoms with Crippen LogP contribution in [0.25, 0.3) is 0 Å². The molecule has 2 N–H and O–H groups in total. The summed E-state index contributed by atoms with van der Waals surface area (Å²) in [4.78, 5) is 12.2. The Kier molecular flexibility index (Phi) is 6.36. The van der Waals surface area contributed by atoms with Crippen LogP contribution in [0.15, 0.2) is 18.2 Å². The molecule has 1 rings (SSSR count). The highest BCUT2D eigenvalue weighted by molar-refractivity contribution is 5.99. The summed E-state index contributed by atoms with van der Waals surface area (Å²) in [6.45, 7) is 9.86. The monoisotopic (exact) mass is 264 g/mol. The van der Waals surface area contributed by atoms with E-state index in [1.165, 1.54) is 0 Å². The van der Waals surface area contributed by atoms with Crippen LogP contribution < -0.4 is 10.6 Å². The SMILES string of the molecule is CCNc1ccc(C)cc1C(=O)NCC(C)OCC. The standard InChI is InChI=1S/C15H24N2O2/c1-5-16-14-8-7-11(3)9-13(14)15(18)17-10-12(4)19-6-2/h7-9,12,16H,5-6,10H2,1-4H3,(H,17,18). The predicted molar refractivity (Wildman–Crippen MR) is 78.8 cm³/mol. The minimum Gasteiger partial charge on any atom is -0.385 e. The molecule has 1 atom stereocenters. The second kappa shape index (κ2) is 7.79. The summed E-state index contributed by atoms with van der Waals surface area (Å²) in [5, 5.41) is 6.11. The fourth-order valence-corrected chi connectivity index (χ4v) is 1.87. The number of amides is 1. The van der Waals surface area contributed by atoms with Gasteiger partial charge in [-0.05, 0) is 39.8 Å². The first-order chi connectivity index (χ1) is 9.08. The lowest BCUT2D eigenvalue weighted by Gasteiger charge is -2.15. The van der Waals surface area contributed by atoms with Crippen LogP contribution in [-0.2, 0) is 4.74 Å². The topological polar surface area (TPSA) is 50.4 Å². The summed E-state index contributed by atoms with van der Waals surface area (Å²) >= 11 is 0. The first-order valence-corrected chi connectivity index (χ1v) is 6.82. The van der Waals surface area contributed by atoms with Crippen molar-refractivity contribution in [3.05, 3.63) is 29.3 Å². The van der Waals surface area contributed by atoms with Crippen LogP contribution >= 0.6 is 0 Å². The van der Waals surface area contributed by atoms with Crippen LogP contribution in [0.3, 0.4) is 0 Å². The maximum Gasteiger partial charge on any atom is 0.253 e. The smallest absolute Gasteiger partial charge is 0.253 e. The summed E-state index contributed by atoms with van der Waals surface area (Å²) in [6.07, 6.45) is 0.0290. The molecule has 0 fully saturated rings. The first-order valence-electron chi connectivity index (χ1n) is 6.82. The van der Waals surface area contributed by atoms with Crippen molar-refractivity contribution in [2.24, 2.45) is 0 Å². The number of hydrogen-bond donors (Lipinski definition) is 2. The van der Waals surface area contributed by atoms with Crippen molar-refractivity contribution >= 4 is 11.6 Å². The molecule has 0 heterocycles. The summed E-state index contributed by atoms with van der Waals surface area (Å²) in [5.74, 6) is -0.0637. The third-order valence-electron chi connectivity index (χ3n) is 2.79. The lowest BCUT2D eigenvalue weighted by molar-refractivity contribution is 0.0695. The van der Waals surface area contributed by atoms with E-state index in [9.17, 15) is 4.79 Å². The highest BCUT2D eigenvalue weighted by Crippen LogP contribution is 2.17. The number of anilines is 1. The highest BCUT2D eigenvalue weighted by atomic mass is 16.5. The number of hydrogen-bond acceptors (Lipinski definition) is 3. The number of carbonyl (C=O) groups excluding carboxylic acids is 1. The van der Waals surface area contributed by atoms with Crippen molar-refractivity contribution in [2.75, 3.05) is 25.0 Å². The van der Waals surface area contributed by atoms with E-state index in [0.29, 0.717) is 18.7 Å². The molecule has 1 aromatic rings. The van der Waals surface area contributed by atoms with Crippen LogP contribution in [0.5, 0.6) is 0 Å². The van der Waals surface area contributed by atoms with Gasteiger partial charge in [0.1, 0.15) is 0 Å². The quantitative estimate of drug-likeness (QED) is 0.796. The number of ether oxygens (including phenoxy) is 1. The number of rotatable bonds is 7. The van der Waals surface area contributed by atoms with E-state index in [4.69, 9.17) is 4.74 Å². The number of nitrogens with one attached hydrogen (secondary N) is 2. The highest BCUT2D eigenvalue weighted by Gasteiger charge is 2.12. The number of carbonyl (C=O) groups is 1. The molecule has 0 saturated carbocycles. The van der Waals surface area contributed by atoms with E-state index in [2.05, 4.69) is 10.6 Å². The molecule has 0 aliphatic rings. The van der Waals surface area contributed by atoms with Gasteiger partial charge in [-0.15, -0.1) is 0 Å². The van der Waals surface area contributed by atoms with Gasteiger partial charge in [-0.2, -0.15) is 0 Å². The zero-order chi connectivity index (χ0) is 14.3. The first kappa shape index (κ1) is 15.5. The average molecular weight is 264 g/mol. The summed E-state index contributed by atoms with van der Waals surface area (Å²) in [5.41, 5.74) is 2.63. The Balaban J connectivity index is 2.72. The molecule has 1 amide bonds. The normalized spacial score (nSPS) is 12.0. The van der Waals surface area contributed by atoms with E-state index in [1.807, 2.05) is 45.9 Å². The molecule has 0 radical (unpaired) electrons. The van der Waals surface area contributed by atoms with Crippen LogP contribution in [0, 0.1) is 6.92 Å². The molecule has 0 spiro atoms. The van der Waals surface area contributed by atoms with Gasteiger partial charge in [0.2, 0.25) is 0 Å². The second-order valence-electron chi connectivity index (χ2n) is 4.56. The lowest BCUT2D eigenvalue weighted by atomic mass is 10.1. The molecule has 0 aliphatic carbocycles. The Morgan fingerprint density at radius 1 is 1.37 bits per heavy atom. The van der Waals surface area contributed by atoms with E-state index < -0.39 is 0 Å². The van der Waals surface area contributed by atoms with E-state index >= 15 is 0 Å². The molecule has 0 aromatic heterocycles. The van der Waals surface area contributed by atoms with Gasteiger partial charge < -0.3 is 15.4 Å². The molecule has 1 unspecified atom stereocenters. The van der Waals surface area contributed by atoms with Crippen molar-refractivity contribution in [1.82, 2.24) is 5.32 Å².